The van der Waals surface area contributed by atoms with Crippen molar-refractivity contribution in [1.82, 2.24) is 0 Å². The van der Waals surface area contributed by atoms with E-state index in [0.717, 1.165) is 36.8 Å². The molecule has 0 aliphatic heterocycles. The summed E-state index contributed by atoms with van der Waals surface area (Å²) in [7, 11) is 0. The van der Waals surface area contributed by atoms with Crippen molar-refractivity contribution in [3.05, 3.63) is 107 Å². The number of aryl methyl sites for hydroxylation is 1. The fourth-order valence-corrected chi connectivity index (χ4v) is 4.66. The number of carboxylic acids is 1. The van der Waals surface area contributed by atoms with E-state index >= 15 is 0 Å². The topological polar surface area (TPSA) is 80.7 Å². The van der Waals surface area contributed by atoms with Crippen molar-refractivity contribution in [2.75, 3.05) is 6.61 Å². The Labute approximate surface area is 252 Å². The molecule has 5 heteroatoms. The van der Waals surface area contributed by atoms with Gasteiger partial charge in [-0.1, -0.05) is 145 Å². The number of hydrogen-bond acceptors (Lipinski definition) is 4. The molecule has 0 heterocycles. The van der Waals surface area contributed by atoms with Gasteiger partial charge in [-0.05, 0) is 37.0 Å². The molecule has 0 bridgehead atoms. The predicted molar refractivity (Wildman–Crippen MR) is 170 cm³/mol. The van der Waals surface area contributed by atoms with Gasteiger partial charge in [-0.15, -0.1) is 0 Å². The molecule has 0 saturated carbocycles. The Morgan fingerprint density at radius 1 is 0.571 bits per heavy atom. The maximum atomic E-state index is 12.3. The molecule has 0 spiro atoms. The highest BCUT2D eigenvalue weighted by Crippen LogP contribution is 2.14. The average molecular weight is 573 g/mol. The molecular weight excluding hydrogens is 524 g/mol. The molecule has 3 aromatic carbocycles. The Morgan fingerprint density at radius 2 is 1.07 bits per heavy atom. The first-order valence-corrected chi connectivity index (χ1v) is 15.7. The smallest absolute Gasteiger partial charge is 0.339 e. The molecule has 226 valence electrons. The van der Waals surface area contributed by atoms with Gasteiger partial charge in [-0.25, -0.2) is 9.59 Å². The van der Waals surface area contributed by atoms with Gasteiger partial charge in [-0.2, -0.15) is 0 Å². The zero-order valence-electron chi connectivity index (χ0n) is 25.5. The van der Waals surface area contributed by atoms with Crippen molar-refractivity contribution in [1.29, 1.82) is 0 Å². The zero-order valence-corrected chi connectivity index (χ0v) is 25.5. The molecule has 0 atom stereocenters. The third-order valence-corrected chi connectivity index (χ3v) is 7.18. The van der Waals surface area contributed by atoms with Crippen LogP contribution in [0.15, 0.2) is 78.9 Å². The normalized spacial score (nSPS) is 10.4. The molecule has 0 amide bonds. The molecule has 0 aliphatic carbocycles. The van der Waals surface area contributed by atoms with Crippen molar-refractivity contribution in [3.8, 4) is 0 Å². The maximum absolute atomic E-state index is 12.3. The number of carbonyl (C=O) groups excluding carboxylic acids is 2. The molecule has 42 heavy (non-hydrogen) atoms. The molecule has 0 radical (unpaired) electrons. The highest BCUT2D eigenvalue weighted by molar-refractivity contribution is 6.09. The fourth-order valence-electron chi connectivity index (χ4n) is 4.66. The van der Waals surface area contributed by atoms with E-state index in [1.54, 1.807) is 12.1 Å². The van der Waals surface area contributed by atoms with Gasteiger partial charge < -0.3 is 9.84 Å². The van der Waals surface area contributed by atoms with E-state index < -0.39 is 11.9 Å². The van der Waals surface area contributed by atoms with Crippen molar-refractivity contribution < 1.29 is 24.2 Å². The molecule has 5 nitrogen and oxygen atoms in total. The highest BCUT2D eigenvalue weighted by Gasteiger charge is 2.16. The second kappa shape index (κ2) is 21.0. The molecule has 3 rings (SSSR count). The Kier molecular flexibility index (Phi) is 17.3. The molecular formula is C37H48O5. The van der Waals surface area contributed by atoms with Gasteiger partial charge in [0.1, 0.15) is 0 Å². The quantitative estimate of drug-likeness (QED) is 0.0932. The number of unbranched alkanes of at least 4 members (excludes halogenated alkanes) is 10. The van der Waals surface area contributed by atoms with Crippen LogP contribution in [0, 0.1) is 0 Å². The number of ketones is 1. The average Bonchev–Trinajstić information content (AvgIpc) is 3.03. The number of hydrogen-bond donors (Lipinski definition) is 1. The summed E-state index contributed by atoms with van der Waals surface area (Å²) in [5.74, 6) is -1.57. The SMILES string of the molecule is CCCCCCCCOC(=O)c1ccccc1C(=O)O.CCCCCCCCc1ccc(C(=O)c2ccccc2)cc1. The van der Waals surface area contributed by atoms with E-state index in [4.69, 9.17) is 9.84 Å². The number of aromatic carboxylic acids is 1. The monoisotopic (exact) mass is 572 g/mol. The molecule has 0 saturated heterocycles. The lowest BCUT2D eigenvalue weighted by Gasteiger charge is -2.07. The lowest BCUT2D eigenvalue weighted by molar-refractivity contribution is 0.0487. The summed E-state index contributed by atoms with van der Waals surface area (Å²) in [5.41, 5.74) is 2.97. The molecule has 3 aromatic rings. The van der Waals surface area contributed by atoms with Crippen LogP contribution in [0.25, 0.3) is 0 Å². The Morgan fingerprint density at radius 3 is 1.67 bits per heavy atom. The van der Waals surface area contributed by atoms with Crippen molar-refractivity contribution >= 4 is 17.7 Å². The summed E-state index contributed by atoms with van der Waals surface area (Å²) in [6.07, 6.45) is 15.7. The standard InChI is InChI=1S/C21H26O.C16H22O4/c1-2-3-4-5-6-8-11-18-14-16-20(17-15-18)21(22)19-12-9-7-10-13-19;1-2-3-4-5-6-9-12-20-16(19)14-11-8-7-10-13(14)15(17)18/h7,9-10,12-17H,2-6,8,11H2,1H3;7-8,10-11H,2-6,9,12H2,1H3,(H,17,18). The van der Waals surface area contributed by atoms with Crippen LogP contribution in [0.4, 0.5) is 0 Å². The Bertz CT molecular complexity index is 1180. The Balaban J connectivity index is 0.000000295. The molecule has 0 aliphatic rings. The van der Waals surface area contributed by atoms with Gasteiger partial charge >= 0.3 is 11.9 Å². The predicted octanol–water partition coefficient (Wildman–Crippen LogP) is 9.72. The summed E-state index contributed by atoms with van der Waals surface area (Å²) in [4.78, 5) is 35.1. The summed E-state index contributed by atoms with van der Waals surface area (Å²) < 4.78 is 5.12. The van der Waals surface area contributed by atoms with Crippen LogP contribution in [0.2, 0.25) is 0 Å². The second-order valence-corrected chi connectivity index (χ2v) is 10.7. The zero-order chi connectivity index (χ0) is 30.4. The van der Waals surface area contributed by atoms with E-state index in [1.165, 1.54) is 75.5 Å². The van der Waals surface area contributed by atoms with E-state index in [9.17, 15) is 14.4 Å². The number of esters is 1. The second-order valence-electron chi connectivity index (χ2n) is 10.7. The van der Waals surface area contributed by atoms with Crippen molar-refractivity contribution in [3.63, 3.8) is 0 Å². The largest absolute Gasteiger partial charge is 0.478 e. The number of rotatable bonds is 18. The number of ether oxygens (including phenoxy) is 1. The summed E-state index contributed by atoms with van der Waals surface area (Å²) in [6, 6.07) is 23.7. The summed E-state index contributed by atoms with van der Waals surface area (Å²) >= 11 is 0. The molecule has 0 unspecified atom stereocenters. The van der Waals surface area contributed by atoms with Crippen LogP contribution in [0.3, 0.4) is 0 Å². The minimum Gasteiger partial charge on any atom is -0.478 e. The maximum Gasteiger partial charge on any atom is 0.339 e. The third-order valence-electron chi connectivity index (χ3n) is 7.18. The molecule has 0 aromatic heterocycles. The van der Waals surface area contributed by atoms with E-state index in [0.29, 0.717) is 6.61 Å². The van der Waals surface area contributed by atoms with Crippen LogP contribution in [0.1, 0.15) is 133 Å². The van der Waals surface area contributed by atoms with Crippen LogP contribution < -0.4 is 0 Å². The first-order valence-electron chi connectivity index (χ1n) is 15.7. The van der Waals surface area contributed by atoms with E-state index in [2.05, 4.69) is 26.0 Å². The summed E-state index contributed by atoms with van der Waals surface area (Å²) in [5, 5.41) is 9.00. The Hall–Kier alpha value is -3.73. The van der Waals surface area contributed by atoms with Gasteiger partial charge in [0.25, 0.3) is 0 Å². The number of carboxylic acid groups (broad SMARTS) is 1. The van der Waals surface area contributed by atoms with Gasteiger partial charge in [0, 0.05) is 11.1 Å². The third kappa shape index (κ3) is 13.3. The number of carbonyl (C=O) groups is 3. The first-order chi connectivity index (χ1) is 20.5. The van der Waals surface area contributed by atoms with Crippen LogP contribution in [-0.4, -0.2) is 29.4 Å². The van der Waals surface area contributed by atoms with Gasteiger partial charge in [-0.3, -0.25) is 4.79 Å². The van der Waals surface area contributed by atoms with Gasteiger partial charge in [0.2, 0.25) is 0 Å². The van der Waals surface area contributed by atoms with Crippen LogP contribution in [-0.2, 0) is 11.2 Å². The minimum atomic E-state index is -1.11. The van der Waals surface area contributed by atoms with Crippen molar-refractivity contribution in [2.24, 2.45) is 0 Å². The van der Waals surface area contributed by atoms with E-state index in [-0.39, 0.29) is 16.9 Å². The van der Waals surface area contributed by atoms with Gasteiger partial charge in [0.05, 0.1) is 17.7 Å². The number of benzene rings is 3. The van der Waals surface area contributed by atoms with Gasteiger partial charge in [0.15, 0.2) is 5.78 Å². The molecule has 1 N–H and O–H groups in total. The first kappa shape index (κ1) is 34.5. The van der Waals surface area contributed by atoms with Crippen LogP contribution in [0.5, 0.6) is 0 Å². The van der Waals surface area contributed by atoms with Crippen molar-refractivity contribution in [2.45, 2.75) is 97.3 Å². The fraction of sp³-hybridized carbons (Fsp3) is 0.432. The van der Waals surface area contributed by atoms with Crippen LogP contribution >= 0.6 is 0 Å². The molecule has 0 fully saturated rings. The lowest BCUT2D eigenvalue weighted by Crippen LogP contribution is -2.12. The van der Waals surface area contributed by atoms with E-state index in [1.807, 2.05) is 42.5 Å². The summed E-state index contributed by atoms with van der Waals surface area (Å²) in [6.45, 7) is 4.76. The lowest BCUT2D eigenvalue weighted by atomic mass is 10.00. The highest BCUT2D eigenvalue weighted by atomic mass is 16.5. The minimum absolute atomic E-state index is 0.0135.